The lowest BCUT2D eigenvalue weighted by molar-refractivity contribution is -0.00736. The lowest BCUT2D eigenvalue weighted by Gasteiger charge is -2.22. The molecule has 3 aliphatic rings. The van der Waals surface area contributed by atoms with Crippen LogP contribution in [-0.2, 0) is 19.3 Å². The van der Waals surface area contributed by atoms with Crippen LogP contribution in [0.4, 0.5) is 23.4 Å². The van der Waals surface area contributed by atoms with Crippen molar-refractivity contribution in [2.24, 2.45) is 0 Å². The van der Waals surface area contributed by atoms with E-state index in [-0.39, 0.29) is 46.4 Å². The second kappa shape index (κ2) is 12.0. The summed E-state index contributed by atoms with van der Waals surface area (Å²) in [6.07, 6.45) is 3.15. The summed E-state index contributed by atoms with van der Waals surface area (Å²) in [6.45, 7) is 0.563. The van der Waals surface area contributed by atoms with Crippen LogP contribution in [0.2, 0.25) is 0 Å². The first-order chi connectivity index (χ1) is 25.1. The molecule has 1 aliphatic carbocycles. The fourth-order valence-electron chi connectivity index (χ4n) is 7.82. The number of alkyl halides is 2. The number of ether oxygens (including phenoxy) is 1. The van der Waals surface area contributed by atoms with Crippen LogP contribution < -0.4 is 15.8 Å². The number of H-pyrrole nitrogens is 1. The van der Waals surface area contributed by atoms with Crippen molar-refractivity contribution >= 4 is 33.1 Å². The number of nitrogens with one attached hydrogen (secondary N) is 2. The number of carbonyl (C=O) groups excluding carboxylic acids is 1. The molecule has 2 aliphatic heterocycles. The standard InChI is InChI=1S/C37H28F4N6O4S/c1-50-30-21-16-37(40,41)32(20(21)9-10-22(30)39)44-33-31-18(12-13-42-33)15-25(52-31)27-26(34-45-46-36(49)51-34)23(11-6-17-4-7-19(38)8-5-17)43-29-24-3-2-14-47(24)35(48)28(27)29/h4-5,7-10,12-13,15,24,32H,2-3,6,11,14,16H2,1H3,(H,42,44)(H,46,49). The summed E-state index contributed by atoms with van der Waals surface area (Å²) in [5.74, 6) is -5.46. The molecule has 52 heavy (non-hydrogen) atoms. The molecule has 2 N–H and O–H groups in total. The van der Waals surface area contributed by atoms with Crippen molar-refractivity contribution < 1.29 is 31.5 Å². The Bertz CT molecular complexity index is 2480. The Balaban J connectivity index is 1.21. The number of aromatic amines is 1. The lowest BCUT2D eigenvalue weighted by atomic mass is 9.93. The molecule has 0 bridgehead atoms. The minimum absolute atomic E-state index is 0.0541. The van der Waals surface area contributed by atoms with Crippen molar-refractivity contribution in [1.82, 2.24) is 25.1 Å². The van der Waals surface area contributed by atoms with Crippen LogP contribution in [0.1, 0.15) is 63.4 Å². The highest BCUT2D eigenvalue weighted by Gasteiger charge is 2.50. The largest absolute Gasteiger partial charge is 0.493 e. The maximum absolute atomic E-state index is 15.6. The van der Waals surface area contributed by atoms with Crippen LogP contribution >= 0.6 is 11.3 Å². The number of methoxy groups -OCH3 is 1. The summed E-state index contributed by atoms with van der Waals surface area (Å²) in [7, 11) is 1.24. The van der Waals surface area contributed by atoms with Gasteiger partial charge in [0.25, 0.3) is 17.7 Å². The first kappa shape index (κ1) is 32.3. The molecule has 1 amide bonds. The van der Waals surface area contributed by atoms with E-state index in [0.717, 1.165) is 24.5 Å². The summed E-state index contributed by atoms with van der Waals surface area (Å²) >= 11 is 1.24. The van der Waals surface area contributed by atoms with E-state index in [4.69, 9.17) is 14.1 Å². The number of benzene rings is 2. The van der Waals surface area contributed by atoms with E-state index >= 15 is 8.78 Å². The molecule has 0 saturated carbocycles. The number of anilines is 1. The zero-order valence-corrected chi connectivity index (χ0v) is 28.3. The molecule has 2 atom stereocenters. The molecule has 1 fully saturated rings. The average molecular weight is 729 g/mol. The Morgan fingerprint density at radius 1 is 1.08 bits per heavy atom. The maximum Gasteiger partial charge on any atom is 0.434 e. The van der Waals surface area contributed by atoms with Gasteiger partial charge in [-0.3, -0.25) is 9.78 Å². The number of hydrogen-bond acceptors (Lipinski definition) is 9. The van der Waals surface area contributed by atoms with Crippen LogP contribution in [0.5, 0.6) is 5.75 Å². The number of carbonyl (C=O) groups is 1. The highest BCUT2D eigenvalue weighted by molar-refractivity contribution is 7.23. The van der Waals surface area contributed by atoms with Gasteiger partial charge in [-0.05, 0) is 72.5 Å². The Labute approximate surface area is 296 Å². The number of halogens is 4. The maximum atomic E-state index is 15.6. The van der Waals surface area contributed by atoms with Crippen LogP contribution in [0, 0.1) is 11.6 Å². The van der Waals surface area contributed by atoms with Gasteiger partial charge in [0.1, 0.15) is 17.7 Å². The Kier molecular flexibility index (Phi) is 7.47. The number of nitrogens with zero attached hydrogens (tertiary/aromatic N) is 4. The van der Waals surface area contributed by atoms with E-state index in [1.807, 2.05) is 6.07 Å². The van der Waals surface area contributed by atoms with Crippen LogP contribution in [-0.4, -0.2) is 50.5 Å². The SMILES string of the molecule is COc1c(F)ccc2c1CC(F)(F)C2Nc1nccc2cc(-c3c4c(nc(CCc5ccc(F)cc5)c3-c3n[nH]c(=O)o3)C3CCCN3C4=O)sc12. The molecule has 1 saturated heterocycles. The minimum atomic E-state index is -3.29. The number of pyridine rings is 2. The quantitative estimate of drug-likeness (QED) is 0.155. The van der Waals surface area contributed by atoms with Crippen LogP contribution in [0.25, 0.3) is 32.0 Å². The minimum Gasteiger partial charge on any atom is -0.493 e. The molecular formula is C37H28F4N6O4S. The monoisotopic (exact) mass is 728 g/mol. The summed E-state index contributed by atoms with van der Waals surface area (Å²) < 4.78 is 70.7. The van der Waals surface area contributed by atoms with E-state index in [2.05, 4.69) is 20.5 Å². The lowest BCUT2D eigenvalue weighted by Crippen LogP contribution is -2.28. The summed E-state index contributed by atoms with van der Waals surface area (Å²) in [5.41, 5.74) is 3.50. The predicted molar refractivity (Wildman–Crippen MR) is 184 cm³/mol. The van der Waals surface area contributed by atoms with Gasteiger partial charge in [0, 0.05) is 35.2 Å². The van der Waals surface area contributed by atoms with Crippen molar-refractivity contribution in [2.45, 2.75) is 50.1 Å². The van der Waals surface area contributed by atoms with Gasteiger partial charge in [-0.25, -0.2) is 32.4 Å². The Hall–Kier alpha value is -5.57. The van der Waals surface area contributed by atoms with Gasteiger partial charge in [-0.2, -0.15) is 0 Å². The topological polar surface area (TPSA) is 126 Å². The number of hydrogen-bond donors (Lipinski definition) is 2. The van der Waals surface area contributed by atoms with Crippen molar-refractivity contribution in [3.63, 3.8) is 0 Å². The van der Waals surface area contributed by atoms with Crippen molar-refractivity contribution in [3.05, 3.63) is 111 Å². The van der Waals surface area contributed by atoms with Crippen LogP contribution in [0.15, 0.2) is 63.9 Å². The third-order valence-corrected chi connectivity index (χ3v) is 11.3. The molecule has 0 radical (unpaired) electrons. The Morgan fingerprint density at radius 2 is 1.90 bits per heavy atom. The van der Waals surface area contributed by atoms with Gasteiger partial charge in [0.2, 0.25) is 0 Å². The molecule has 0 spiro atoms. The second-order valence-electron chi connectivity index (χ2n) is 13.1. The number of fused-ring (bicyclic) bond motifs is 5. The van der Waals surface area contributed by atoms with Gasteiger partial charge in [0.15, 0.2) is 11.6 Å². The molecule has 9 rings (SSSR count). The molecule has 4 aromatic heterocycles. The number of amides is 1. The fourth-order valence-corrected chi connectivity index (χ4v) is 8.99. The number of aromatic nitrogens is 4. The van der Waals surface area contributed by atoms with Crippen molar-refractivity contribution in [2.75, 3.05) is 19.0 Å². The zero-order chi connectivity index (χ0) is 35.9. The second-order valence-corrected chi connectivity index (χ2v) is 14.2. The molecule has 10 nitrogen and oxygen atoms in total. The van der Waals surface area contributed by atoms with Gasteiger partial charge in [0.05, 0.1) is 40.4 Å². The van der Waals surface area contributed by atoms with Gasteiger partial charge >= 0.3 is 5.76 Å². The first-order valence-electron chi connectivity index (χ1n) is 16.7. The van der Waals surface area contributed by atoms with Crippen LogP contribution in [0.3, 0.4) is 0 Å². The molecule has 2 unspecified atom stereocenters. The van der Waals surface area contributed by atoms with E-state index in [9.17, 15) is 18.4 Å². The molecule has 2 aromatic carbocycles. The summed E-state index contributed by atoms with van der Waals surface area (Å²) in [5, 5.41) is 10.1. The first-order valence-corrected chi connectivity index (χ1v) is 17.5. The van der Waals surface area contributed by atoms with Gasteiger partial charge < -0.3 is 19.4 Å². The fraction of sp³-hybridized carbons (Fsp3) is 0.270. The zero-order valence-electron chi connectivity index (χ0n) is 27.4. The summed E-state index contributed by atoms with van der Waals surface area (Å²) in [6, 6.07) is 10.4. The summed E-state index contributed by atoms with van der Waals surface area (Å²) in [4.78, 5) is 38.4. The third-order valence-electron chi connectivity index (χ3n) is 10.1. The Morgan fingerprint density at radius 3 is 2.67 bits per heavy atom. The molecule has 15 heteroatoms. The normalized spacial score (nSPS) is 18.6. The number of rotatable bonds is 8. The highest BCUT2D eigenvalue weighted by atomic mass is 32.1. The molecule has 264 valence electrons. The van der Waals surface area contributed by atoms with Gasteiger partial charge in [-0.15, -0.1) is 16.4 Å². The average Bonchev–Trinajstić information content (AvgIpc) is 3.95. The van der Waals surface area contributed by atoms with Crippen molar-refractivity contribution in [1.29, 1.82) is 0 Å². The smallest absolute Gasteiger partial charge is 0.434 e. The van der Waals surface area contributed by atoms with E-state index in [1.54, 1.807) is 23.1 Å². The van der Waals surface area contributed by atoms with E-state index in [0.29, 0.717) is 62.4 Å². The van der Waals surface area contributed by atoms with Crippen molar-refractivity contribution in [3.8, 4) is 27.6 Å². The third kappa shape index (κ3) is 5.08. The number of aryl methyl sites for hydroxylation is 2. The molecule has 6 heterocycles. The number of thiophene rings is 1. The highest BCUT2D eigenvalue weighted by Crippen LogP contribution is 2.52. The predicted octanol–water partition coefficient (Wildman–Crippen LogP) is 7.41. The molecular weight excluding hydrogens is 701 g/mol. The van der Waals surface area contributed by atoms with Gasteiger partial charge in [-0.1, -0.05) is 18.2 Å². The molecule has 6 aromatic rings. The van der Waals surface area contributed by atoms with E-state index in [1.165, 1.54) is 42.8 Å². The van der Waals surface area contributed by atoms with E-state index < -0.39 is 30.0 Å².